The fraction of sp³-hybridized carbons (Fsp3) is 0.450. The number of nitrogen functional groups attached to an aromatic ring is 1. The van der Waals surface area contributed by atoms with E-state index in [4.69, 9.17) is 10.5 Å². The Balaban J connectivity index is 1.99. The van der Waals surface area contributed by atoms with Gasteiger partial charge in [0.1, 0.15) is 11.6 Å². The van der Waals surface area contributed by atoms with Crippen LogP contribution in [0.5, 0.6) is 5.75 Å². The summed E-state index contributed by atoms with van der Waals surface area (Å²) in [7, 11) is 4.19. The lowest BCUT2D eigenvalue weighted by Crippen LogP contribution is -2.17. The maximum absolute atomic E-state index is 6.37. The Morgan fingerprint density at radius 1 is 1.17 bits per heavy atom. The van der Waals surface area contributed by atoms with Gasteiger partial charge >= 0.3 is 0 Å². The van der Waals surface area contributed by atoms with Crippen molar-refractivity contribution < 1.29 is 4.74 Å². The van der Waals surface area contributed by atoms with E-state index in [1.807, 2.05) is 18.2 Å². The van der Waals surface area contributed by atoms with Crippen molar-refractivity contribution in [1.29, 1.82) is 0 Å². The van der Waals surface area contributed by atoms with Gasteiger partial charge in [-0.25, -0.2) is 4.98 Å². The molecule has 0 amide bonds. The topological polar surface area (TPSA) is 51.4 Å². The normalized spacial score (nSPS) is 16.5. The summed E-state index contributed by atoms with van der Waals surface area (Å²) in [6, 6.07) is 12.5. The SMILES string of the molecule is CC(c1ccc(-c2cccc(N)n2)c(OC2CCCC2)c1)N(C)C. The third-order valence-electron chi connectivity index (χ3n) is 4.91. The zero-order valence-electron chi connectivity index (χ0n) is 14.8. The van der Waals surface area contributed by atoms with E-state index in [0.29, 0.717) is 18.0 Å². The van der Waals surface area contributed by atoms with Crippen molar-refractivity contribution in [3.63, 3.8) is 0 Å². The lowest BCUT2D eigenvalue weighted by molar-refractivity contribution is 0.210. The van der Waals surface area contributed by atoms with E-state index in [-0.39, 0.29) is 0 Å². The summed E-state index contributed by atoms with van der Waals surface area (Å²) in [6.07, 6.45) is 5.10. The summed E-state index contributed by atoms with van der Waals surface area (Å²) in [5, 5.41) is 0. The highest BCUT2D eigenvalue weighted by Gasteiger charge is 2.20. The van der Waals surface area contributed by atoms with Gasteiger partial charge in [-0.2, -0.15) is 0 Å². The third kappa shape index (κ3) is 3.70. The van der Waals surface area contributed by atoms with Gasteiger partial charge in [-0.05, 0) is 76.5 Å². The summed E-state index contributed by atoms with van der Waals surface area (Å²) in [6.45, 7) is 2.20. The van der Waals surface area contributed by atoms with Crippen molar-refractivity contribution in [3.05, 3.63) is 42.0 Å². The molecule has 2 aromatic rings. The number of rotatable bonds is 5. The molecule has 1 aliphatic rings. The van der Waals surface area contributed by atoms with E-state index in [2.05, 4.69) is 49.1 Å². The van der Waals surface area contributed by atoms with Crippen LogP contribution in [0.4, 0.5) is 5.82 Å². The second-order valence-corrected chi connectivity index (χ2v) is 6.87. The molecule has 1 fully saturated rings. The second kappa shape index (κ2) is 7.22. The number of ether oxygens (including phenoxy) is 1. The molecule has 0 saturated heterocycles. The molecule has 4 nitrogen and oxygen atoms in total. The Bertz CT molecular complexity index is 693. The highest BCUT2D eigenvalue weighted by Crippen LogP contribution is 2.35. The van der Waals surface area contributed by atoms with Gasteiger partial charge in [0.2, 0.25) is 0 Å². The highest BCUT2D eigenvalue weighted by atomic mass is 16.5. The van der Waals surface area contributed by atoms with Gasteiger partial charge in [-0.15, -0.1) is 0 Å². The molecule has 1 unspecified atom stereocenters. The molecule has 3 rings (SSSR count). The first kappa shape index (κ1) is 16.8. The molecule has 1 aromatic heterocycles. The van der Waals surface area contributed by atoms with E-state index in [9.17, 15) is 0 Å². The van der Waals surface area contributed by atoms with E-state index < -0.39 is 0 Å². The largest absolute Gasteiger partial charge is 0.490 e. The predicted octanol–water partition coefficient (Wildman–Crippen LogP) is 4.27. The Morgan fingerprint density at radius 2 is 1.92 bits per heavy atom. The minimum Gasteiger partial charge on any atom is -0.490 e. The number of pyridine rings is 1. The molecule has 1 aliphatic carbocycles. The fourth-order valence-electron chi connectivity index (χ4n) is 3.19. The predicted molar refractivity (Wildman–Crippen MR) is 99.1 cm³/mol. The number of anilines is 1. The maximum Gasteiger partial charge on any atom is 0.129 e. The smallest absolute Gasteiger partial charge is 0.129 e. The monoisotopic (exact) mass is 325 g/mol. The molecule has 0 bridgehead atoms. The van der Waals surface area contributed by atoms with Gasteiger partial charge in [0, 0.05) is 11.6 Å². The number of hydrogen-bond donors (Lipinski definition) is 1. The van der Waals surface area contributed by atoms with E-state index >= 15 is 0 Å². The van der Waals surface area contributed by atoms with Crippen molar-refractivity contribution in [2.75, 3.05) is 19.8 Å². The van der Waals surface area contributed by atoms with E-state index in [1.54, 1.807) is 0 Å². The van der Waals surface area contributed by atoms with Gasteiger partial charge in [-0.1, -0.05) is 12.1 Å². The van der Waals surface area contributed by atoms with Crippen LogP contribution in [-0.2, 0) is 0 Å². The second-order valence-electron chi connectivity index (χ2n) is 6.87. The van der Waals surface area contributed by atoms with Crippen molar-refractivity contribution in [2.45, 2.75) is 44.8 Å². The fourth-order valence-corrected chi connectivity index (χ4v) is 3.19. The highest BCUT2D eigenvalue weighted by molar-refractivity contribution is 5.69. The molecule has 0 spiro atoms. The van der Waals surface area contributed by atoms with E-state index in [0.717, 1.165) is 29.8 Å². The number of benzene rings is 1. The van der Waals surface area contributed by atoms with Gasteiger partial charge in [-0.3, -0.25) is 0 Å². The summed E-state index contributed by atoms with van der Waals surface area (Å²) >= 11 is 0. The molecule has 1 atom stereocenters. The van der Waals surface area contributed by atoms with Crippen LogP contribution in [0.15, 0.2) is 36.4 Å². The van der Waals surface area contributed by atoms with Crippen LogP contribution in [0.25, 0.3) is 11.3 Å². The van der Waals surface area contributed by atoms with Crippen molar-refractivity contribution in [3.8, 4) is 17.0 Å². The molecular weight excluding hydrogens is 298 g/mol. The van der Waals surface area contributed by atoms with Crippen LogP contribution in [0.1, 0.15) is 44.2 Å². The number of aromatic nitrogens is 1. The van der Waals surface area contributed by atoms with Gasteiger partial charge in [0.15, 0.2) is 0 Å². The Labute approximate surface area is 144 Å². The lowest BCUT2D eigenvalue weighted by atomic mass is 10.0. The quantitative estimate of drug-likeness (QED) is 0.891. The van der Waals surface area contributed by atoms with Crippen molar-refractivity contribution in [2.24, 2.45) is 0 Å². The molecule has 24 heavy (non-hydrogen) atoms. The zero-order chi connectivity index (χ0) is 17.1. The molecule has 1 aromatic carbocycles. The molecule has 2 N–H and O–H groups in total. The molecule has 0 aliphatic heterocycles. The Hall–Kier alpha value is -2.07. The summed E-state index contributed by atoms with van der Waals surface area (Å²) in [4.78, 5) is 6.68. The van der Waals surface area contributed by atoms with Crippen LogP contribution in [0.3, 0.4) is 0 Å². The average Bonchev–Trinajstić information content (AvgIpc) is 3.07. The first-order valence-electron chi connectivity index (χ1n) is 8.74. The van der Waals surface area contributed by atoms with Gasteiger partial charge in [0.25, 0.3) is 0 Å². The van der Waals surface area contributed by atoms with Crippen molar-refractivity contribution in [1.82, 2.24) is 9.88 Å². The summed E-state index contributed by atoms with van der Waals surface area (Å²) in [5.74, 6) is 1.45. The molecule has 1 saturated carbocycles. The zero-order valence-corrected chi connectivity index (χ0v) is 14.8. The summed E-state index contributed by atoms with van der Waals surface area (Å²) in [5.41, 5.74) is 9.00. The molecular formula is C20H27N3O. The standard InChI is InChI=1S/C20H27N3O/c1-14(23(2)3)15-11-12-17(18-9-6-10-20(21)22-18)19(13-15)24-16-7-4-5-8-16/h6,9-14,16H,4-5,7-8H2,1-3H3,(H2,21,22). The first-order chi connectivity index (χ1) is 11.5. The van der Waals surface area contributed by atoms with Gasteiger partial charge < -0.3 is 15.4 Å². The molecule has 0 radical (unpaired) electrons. The van der Waals surface area contributed by atoms with Crippen LogP contribution >= 0.6 is 0 Å². The third-order valence-corrected chi connectivity index (χ3v) is 4.91. The molecule has 1 heterocycles. The summed E-state index contributed by atoms with van der Waals surface area (Å²) < 4.78 is 6.37. The Kier molecular flexibility index (Phi) is 5.05. The lowest BCUT2D eigenvalue weighted by Gasteiger charge is -2.23. The van der Waals surface area contributed by atoms with Crippen LogP contribution in [0.2, 0.25) is 0 Å². The minimum atomic E-state index is 0.315. The first-order valence-corrected chi connectivity index (χ1v) is 8.74. The number of nitrogens with zero attached hydrogens (tertiary/aromatic N) is 2. The van der Waals surface area contributed by atoms with E-state index in [1.165, 1.54) is 18.4 Å². The van der Waals surface area contributed by atoms with Crippen LogP contribution in [0, 0.1) is 0 Å². The number of nitrogens with two attached hydrogens (primary N) is 1. The molecule has 128 valence electrons. The van der Waals surface area contributed by atoms with Crippen LogP contribution in [-0.4, -0.2) is 30.1 Å². The average molecular weight is 325 g/mol. The van der Waals surface area contributed by atoms with Crippen LogP contribution < -0.4 is 10.5 Å². The van der Waals surface area contributed by atoms with Gasteiger partial charge in [0.05, 0.1) is 11.8 Å². The minimum absolute atomic E-state index is 0.315. The Morgan fingerprint density at radius 3 is 2.58 bits per heavy atom. The van der Waals surface area contributed by atoms with Crippen molar-refractivity contribution >= 4 is 5.82 Å². The maximum atomic E-state index is 6.37. The number of hydrogen-bond acceptors (Lipinski definition) is 4. The molecule has 4 heteroatoms.